The van der Waals surface area contributed by atoms with Gasteiger partial charge in [-0.15, -0.1) is 0 Å². The number of benzene rings is 1. The number of aryl methyl sites for hydroxylation is 1. The van der Waals surface area contributed by atoms with Crippen LogP contribution in [0.3, 0.4) is 0 Å². The van der Waals surface area contributed by atoms with Gasteiger partial charge >= 0.3 is 10.0 Å². The molecule has 0 radical (unpaired) electrons. The summed E-state index contributed by atoms with van der Waals surface area (Å²) in [5.74, 6) is -0.156. The molecule has 5 nitrogen and oxygen atoms in total. The van der Waals surface area contributed by atoms with E-state index >= 15 is 0 Å². The Morgan fingerprint density at radius 1 is 1.33 bits per heavy atom. The minimum Gasteiger partial charge on any atom is -0.198 e. The molecule has 0 bridgehead atoms. The fraction of sp³-hybridized carbons (Fsp3) is 0.250. The van der Waals surface area contributed by atoms with Gasteiger partial charge < -0.3 is 0 Å². The summed E-state index contributed by atoms with van der Waals surface area (Å²) in [6.45, 7) is 0. The zero-order valence-corrected chi connectivity index (χ0v) is 9.29. The Kier molecular flexibility index (Phi) is 3.96. The summed E-state index contributed by atoms with van der Waals surface area (Å²) in [7, 11) is -3.60. The molecule has 0 amide bonds. The lowest BCUT2D eigenvalue weighted by molar-refractivity contribution is 0.593. The summed E-state index contributed by atoms with van der Waals surface area (Å²) in [5.41, 5.74) is 7.18. The first-order chi connectivity index (χ1) is 7.03. The third kappa shape index (κ3) is 4.20. The van der Waals surface area contributed by atoms with Gasteiger partial charge in [-0.3, -0.25) is 0 Å². The minimum atomic E-state index is -3.60. The lowest BCUT2D eigenvalue weighted by Crippen LogP contribution is -2.05. The van der Waals surface area contributed by atoms with Gasteiger partial charge in [-0.1, -0.05) is 23.7 Å². The van der Waals surface area contributed by atoms with Crippen LogP contribution in [0.5, 0.6) is 0 Å². The van der Waals surface area contributed by atoms with Crippen LogP contribution in [0.2, 0.25) is 5.02 Å². The number of nitrogens with one attached hydrogen (secondary N) is 1. The van der Waals surface area contributed by atoms with Crippen molar-refractivity contribution in [3.8, 4) is 0 Å². The van der Waals surface area contributed by atoms with E-state index in [0.717, 1.165) is 5.56 Å². The van der Waals surface area contributed by atoms with Crippen LogP contribution >= 0.6 is 11.6 Å². The standard InChI is InChI=1S/C8H9ClN3O2S/c9-8-3-1-7(2-4-8)5-6-15(13,14)12-11-10/h1-4,10H,5-6H2/q+1. The van der Waals surface area contributed by atoms with Gasteiger partial charge in [0.05, 0.1) is 5.75 Å². The first-order valence-electron chi connectivity index (χ1n) is 4.09. The molecular formula is C8H9ClN3O2S+. The topological polar surface area (TPSA) is 84.4 Å². The molecule has 1 aromatic carbocycles. The first kappa shape index (κ1) is 11.8. The monoisotopic (exact) mass is 246 g/mol. The van der Waals surface area contributed by atoms with Crippen LogP contribution in [-0.2, 0) is 16.4 Å². The summed E-state index contributed by atoms with van der Waals surface area (Å²) in [4.78, 5) is 2.50. The van der Waals surface area contributed by atoms with E-state index in [0.29, 0.717) is 11.4 Å². The molecule has 0 aliphatic carbocycles. The summed E-state index contributed by atoms with van der Waals surface area (Å²) < 4.78 is 25.0. The molecule has 0 aromatic heterocycles. The third-order valence-corrected chi connectivity index (χ3v) is 3.03. The predicted octanol–water partition coefficient (Wildman–Crippen LogP) is 1.76. The van der Waals surface area contributed by atoms with Crippen LogP contribution < -0.4 is 4.91 Å². The molecule has 0 unspecified atom stereocenters. The number of rotatable bonds is 4. The number of sulfonamides is 1. The van der Waals surface area contributed by atoms with Crippen molar-refractivity contribution in [2.45, 2.75) is 6.42 Å². The lowest BCUT2D eigenvalue weighted by atomic mass is 10.2. The second-order valence-corrected chi connectivity index (χ2v) is 5.02. The largest absolute Gasteiger partial charge is 0.327 e. The SMILES string of the molecule is N=[N+]=NS(=O)(=O)CCc1ccc(Cl)cc1. The maximum absolute atomic E-state index is 11.1. The molecule has 7 heteroatoms. The summed E-state index contributed by atoms with van der Waals surface area (Å²) in [6, 6.07) is 6.87. The van der Waals surface area contributed by atoms with Crippen LogP contribution in [0.25, 0.3) is 0 Å². The first-order valence-corrected chi connectivity index (χ1v) is 6.08. The highest BCUT2D eigenvalue weighted by molar-refractivity contribution is 7.89. The van der Waals surface area contributed by atoms with Crippen molar-refractivity contribution >= 4 is 21.6 Å². The smallest absolute Gasteiger partial charge is 0.198 e. The molecule has 0 atom stereocenters. The quantitative estimate of drug-likeness (QED) is 0.648. The Morgan fingerprint density at radius 3 is 2.47 bits per heavy atom. The zero-order valence-electron chi connectivity index (χ0n) is 7.72. The van der Waals surface area contributed by atoms with Gasteiger partial charge in [-0.05, 0) is 24.1 Å². The Labute approximate surface area is 92.4 Å². The Hall–Kier alpha value is -1.23. The number of halogens is 1. The van der Waals surface area contributed by atoms with Gasteiger partial charge in [-0.25, -0.2) is 0 Å². The summed E-state index contributed by atoms with van der Waals surface area (Å²) in [5, 5.41) is 0.604. The highest BCUT2D eigenvalue weighted by Gasteiger charge is 2.14. The average molecular weight is 247 g/mol. The van der Waals surface area contributed by atoms with Crippen LogP contribution in [0, 0.1) is 5.53 Å². The lowest BCUT2D eigenvalue weighted by Gasteiger charge is -1.97. The second-order valence-electron chi connectivity index (χ2n) is 2.84. The van der Waals surface area contributed by atoms with Crippen molar-refractivity contribution in [2.75, 3.05) is 5.75 Å². The van der Waals surface area contributed by atoms with Gasteiger partial charge in [0.1, 0.15) is 5.53 Å². The average Bonchev–Trinajstić information content (AvgIpc) is 2.17. The van der Waals surface area contributed by atoms with Gasteiger partial charge in [0.2, 0.25) is 4.91 Å². The highest BCUT2D eigenvalue weighted by atomic mass is 35.5. The fourth-order valence-electron chi connectivity index (χ4n) is 1.00. The normalized spacial score (nSPS) is 10.7. The molecule has 0 saturated carbocycles. The van der Waals surface area contributed by atoms with E-state index in [9.17, 15) is 8.42 Å². The van der Waals surface area contributed by atoms with Crippen LogP contribution in [0.1, 0.15) is 5.56 Å². The van der Waals surface area contributed by atoms with Crippen molar-refractivity contribution in [3.63, 3.8) is 0 Å². The van der Waals surface area contributed by atoms with Crippen molar-refractivity contribution in [3.05, 3.63) is 34.9 Å². The Bertz CT molecular complexity index is 477. The van der Waals surface area contributed by atoms with Crippen molar-refractivity contribution in [1.29, 1.82) is 5.53 Å². The molecule has 1 N–H and O–H groups in total. The molecule has 0 spiro atoms. The molecular weight excluding hydrogens is 238 g/mol. The van der Waals surface area contributed by atoms with E-state index < -0.39 is 10.0 Å². The molecule has 80 valence electrons. The summed E-state index contributed by atoms with van der Waals surface area (Å²) in [6.07, 6.45) is 0.332. The minimum absolute atomic E-state index is 0.156. The number of nitrogens with zero attached hydrogens (tertiary/aromatic N) is 2. The van der Waals surface area contributed by atoms with Crippen LogP contribution in [0.4, 0.5) is 0 Å². The zero-order chi connectivity index (χ0) is 11.3. The maximum Gasteiger partial charge on any atom is 0.327 e. The van der Waals surface area contributed by atoms with Gasteiger partial charge in [0.15, 0.2) is 0 Å². The predicted molar refractivity (Wildman–Crippen MR) is 56.2 cm³/mol. The molecule has 0 aliphatic heterocycles. The molecule has 1 rings (SSSR count). The molecule has 0 heterocycles. The van der Waals surface area contributed by atoms with Crippen LogP contribution in [-0.4, -0.2) is 14.2 Å². The third-order valence-electron chi connectivity index (χ3n) is 1.73. The fourth-order valence-corrected chi connectivity index (χ4v) is 1.83. The Balaban J connectivity index is 2.65. The number of hydrogen-bond acceptors (Lipinski definition) is 3. The highest BCUT2D eigenvalue weighted by Crippen LogP contribution is 2.10. The van der Waals surface area contributed by atoms with E-state index in [-0.39, 0.29) is 5.75 Å². The van der Waals surface area contributed by atoms with Crippen molar-refractivity contribution in [2.24, 2.45) is 4.52 Å². The van der Waals surface area contributed by atoms with Crippen LogP contribution in [0.15, 0.2) is 28.8 Å². The molecule has 15 heavy (non-hydrogen) atoms. The second kappa shape index (κ2) is 5.02. The van der Waals surface area contributed by atoms with E-state index in [1.807, 2.05) is 0 Å². The van der Waals surface area contributed by atoms with Gasteiger partial charge in [0.25, 0.3) is 4.52 Å². The molecule has 0 saturated heterocycles. The van der Waals surface area contributed by atoms with E-state index in [4.69, 9.17) is 17.1 Å². The van der Waals surface area contributed by atoms with E-state index in [1.54, 1.807) is 24.3 Å². The van der Waals surface area contributed by atoms with Gasteiger partial charge in [0, 0.05) is 5.02 Å². The molecule has 1 aromatic rings. The molecule has 0 aliphatic rings. The molecule has 0 fully saturated rings. The van der Waals surface area contributed by atoms with E-state index in [2.05, 4.69) is 9.43 Å². The summed E-state index contributed by atoms with van der Waals surface area (Å²) >= 11 is 5.67. The number of hydrogen-bond donors (Lipinski definition) is 1. The van der Waals surface area contributed by atoms with Crippen molar-refractivity contribution < 1.29 is 8.42 Å². The van der Waals surface area contributed by atoms with Gasteiger partial charge in [-0.2, -0.15) is 8.42 Å². The van der Waals surface area contributed by atoms with Crippen molar-refractivity contribution in [1.82, 2.24) is 4.91 Å². The maximum atomic E-state index is 11.1. The Morgan fingerprint density at radius 2 is 1.93 bits per heavy atom. The van der Waals surface area contributed by atoms with E-state index in [1.165, 1.54) is 0 Å².